The van der Waals surface area contributed by atoms with E-state index in [-0.39, 0.29) is 17.9 Å². The van der Waals surface area contributed by atoms with Crippen LogP contribution in [0.4, 0.5) is 0 Å². The maximum Gasteiger partial charge on any atom is 0.239 e. The van der Waals surface area contributed by atoms with Crippen LogP contribution in [0.5, 0.6) is 0 Å². The predicted octanol–water partition coefficient (Wildman–Crippen LogP) is 2.19. The van der Waals surface area contributed by atoms with Gasteiger partial charge in [0.05, 0.1) is 6.04 Å². The smallest absolute Gasteiger partial charge is 0.239 e. The molecule has 120 valence electrons. The molecule has 0 saturated heterocycles. The second-order valence-corrected chi connectivity index (χ2v) is 6.12. The Kier molecular flexibility index (Phi) is 9.86. The third kappa shape index (κ3) is 6.71. The molecule has 2 N–H and O–H groups in total. The summed E-state index contributed by atoms with van der Waals surface area (Å²) in [6, 6.07) is -0.365. The number of hydrogen-bond acceptors (Lipinski definition) is 3. The second kappa shape index (κ2) is 10.2. The van der Waals surface area contributed by atoms with Crippen LogP contribution in [0.2, 0.25) is 0 Å². The summed E-state index contributed by atoms with van der Waals surface area (Å²) in [7, 11) is 0. The molecule has 0 aromatic rings. The van der Waals surface area contributed by atoms with E-state index in [1.54, 1.807) is 0 Å². The van der Waals surface area contributed by atoms with Crippen LogP contribution in [-0.4, -0.2) is 54.5 Å². The summed E-state index contributed by atoms with van der Waals surface area (Å²) in [6.45, 7) is 17.3. The molecule has 1 amide bonds. The fourth-order valence-electron chi connectivity index (χ4n) is 2.24. The summed E-state index contributed by atoms with van der Waals surface area (Å²) in [5.74, 6) is 0.825. The van der Waals surface area contributed by atoms with E-state index in [4.69, 9.17) is 5.73 Å². The van der Waals surface area contributed by atoms with E-state index >= 15 is 0 Å². The van der Waals surface area contributed by atoms with Crippen LogP contribution >= 0.6 is 0 Å². The zero-order valence-electron chi connectivity index (χ0n) is 14.4. The quantitative estimate of drug-likeness (QED) is 0.669. The normalized spacial score (nSPS) is 14.7. The van der Waals surface area contributed by atoms with E-state index in [0.29, 0.717) is 5.92 Å². The lowest BCUT2D eigenvalue weighted by Gasteiger charge is -2.31. The van der Waals surface area contributed by atoms with Crippen molar-refractivity contribution in [3.63, 3.8) is 0 Å². The van der Waals surface area contributed by atoms with Crippen molar-refractivity contribution in [2.24, 2.45) is 17.6 Å². The summed E-state index contributed by atoms with van der Waals surface area (Å²) in [5, 5.41) is 0. The topological polar surface area (TPSA) is 49.6 Å². The Labute approximate surface area is 125 Å². The molecule has 0 radical (unpaired) electrons. The molecule has 0 aromatic heterocycles. The Balaban J connectivity index is 4.65. The highest BCUT2D eigenvalue weighted by Gasteiger charge is 2.25. The average Bonchev–Trinajstić information content (AvgIpc) is 2.44. The van der Waals surface area contributed by atoms with Crippen LogP contribution in [0, 0.1) is 11.8 Å². The molecular weight excluding hydrogens is 250 g/mol. The van der Waals surface area contributed by atoms with Gasteiger partial charge >= 0.3 is 0 Å². The van der Waals surface area contributed by atoms with Crippen LogP contribution < -0.4 is 5.73 Å². The Morgan fingerprint density at radius 1 is 1.05 bits per heavy atom. The first-order valence-corrected chi connectivity index (χ1v) is 8.13. The zero-order chi connectivity index (χ0) is 15.7. The molecule has 0 bridgehead atoms. The molecular formula is C16H35N3O. The number of nitrogens with zero attached hydrogens (tertiary/aromatic N) is 2. The number of amides is 1. The SMILES string of the molecule is CC[C@H](C)[C@H](N)C(=O)N(CCN(CC)CC)CC(C)C. The first-order chi connectivity index (χ1) is 9.37. The summed E-state index contributed by atoms with van der Waals surface area (Å²) in [5.41, 5.74) is 6.11. The molecule has 4 nitrogen and oxygen atoms in total. The maximum atomic E-state index is 12.6. The van der Waals surface area contributed by atoms with E-state index in [1.165, 1.54) is 0 Å². The monoisotopic (exact) mass is 285 g/mol. The predicted molar refractivity (Wildman–Crippen MR) is 86.6 cm³/mol. The lowest BCUT2D eigenvalue weighted by molar-refractivity contribution is -0.134. The highest BCUT2D eigenvalue weighted by atomic mass is 16.2. The third-order valence-corrected chi connectivity index (χ3v) is 4.02. The fraction of sp³-hybridized carbons (Fsp3) is 0.938. The number of rotatable bonds is 10. The molecule has 0 unspecified atom stereocenters. The first-order valence-electron chi connectivity index (χ1n) is 8.13. The van der Waals surface area contributed by atoms with Gasteiger partial charge in [0.2, 0.25) is 5.91 Å². The molecule has 4 heteroatoms. The molecule has 0 saturated carbocycles. The number of nitrogens with two attached hydrogens (primary N) is 1. The van der Waals surface area contributed by atoms with Crippen molar-refractivity contribution in [2.75, 3.05) is 32.7 Å². The van der Waals surface area contributed by atoms with Gasteiger partial charge in [0.15, 0.2) is 0 Å². The third-order valence-electron chi connectivity index (χ3n) is 4.02. The van der Waals surface area contributed by atoms with Crippen LogP contribution in [-0.2, 0) is 4.79 Å². The van der Waals surface area contributed by atoms with Crippen LogP contribution in [0.25, 0.3) is 0 Å². The van der Waals surface area contributed by atoms with Crippen molar-refractivity contribution in [2.45, 2.75) is 54.0 Å². The van der Waals surface area contributed by atoms with Gasteiger partial charge in [-0.2, -0.15) is 0 Å². The molecule has 0 aliphatic rings. The van der Waals surface area contributed by atoms with Crippen molar-refractivity contribution < 1.29 is 4.79 Å². The Morgan fingerprint density at radius 3 is 2.00 bits per heavy atom. The molecule has 0 spiro atoms. The van der Waals surface area contributed by atoms with Gasteiger partial charge in [-0.1, -0.05) is 48.0 Å². The summed E-state index contributed by atoms with van der Waals surface area (Å²) in [4.78, 5) is 16.9. The van der Waals surface area contributed by atoms with Crippen LogP contribution in [0.3, 0.4) is 0 Å². The van der Waals surface area contributed by atoms with Gasteiger partial charge in [-0.25, -0.2) is 0 Å². The minimum atomic E-state index is -0.365. The Hall–Kier alpha value is -0.610. The maximum absolute atomic E-state index is 12.6. The fourth-order valence-corrected chi connectivity index (χ4v) is 2.24. The summed E-state index contributed by atoms with van der Waals surface area (Å²) < 4.78 is 0. The minimum Gasteiger partial charge on any atom is -0.340 e. The Bertz CT molecular complexity index is 264. The van der Waals surface area contributed by atoms with Gasteiger partial charge in [-0.3, -0.25) is 4.79 Å². The molecule has 2 atom stereocenters. The van der Waals surface area contributed by atoms with Crippen molar-refractivity contribution in [3.05, 3.63) is 0 Å². The van der Waals surface area contributed by atoms with E-state index in [2.05, 4.69) is 46.4 Å². The van der Waals surface area contributed by atoms with Crippen molar-refractivity contribution in [1.29, 1.82) is 0 Å². The van der Waals surface area contributed by atoms with Gasteiger partial charge < -0.3 is 15.5 Å². The Morgan fingerprint density at radius 2 is 1.60 bits per heavy atom. The average molecular weight is 285 g/mol. The summed E-state index contributed by atoms with van der Waals surface area (Å²) >= 11 is 0. The van der Waals surface area contributed by atoms with Gasteiger partial charge in [0.1, 0.15) is 0 Å². The van der Waals surface area contributed by atoms with E-state index < -0.39 is 0 Å². The molecule has 0 fully saturated rings. The highest BCUT2D eigenvalue weighted by Crippen LogP contribution is 2.10. The largest absolute Gasteiger partial charge is 0.340 e. The summed E-state index contributed by atoms with van der Waals surface area (Å²) in [6.07, 6.45) is 0.943. The molecule has 0 aliphatic heterocycles. The highest BCUT2D eigenvalue weighted by molar-refractivity contribution is 5.82. The van der Waals surface area contributed by atoms with Gasteiger partial charge in [-0.05, 0) is 24.9 Å². The van der Waals surface area contributed by atoms with Gasteiger partial charge in [-0.15, -0.1) is 0 Å². The molecule has 0 rings (SSSR count). The van der Waals surface area contributed by atoms with Crippen LogP contribution in [0.1, 0.15) is 48.0 Å². The molecule has 0 aromatic carbocycles. The van der Waals surface area contributed by atoms with Crippen molar-refractivity contribution in [1.82, 2.24) is 9.80 Å². The molecule has 0 heterocycles. The standard InChI is InChI=1S/C16H35N3O/c1-7-14(6)15(17)16(20)19(12-13(4)5)11-10-18(8-2)9-3/h13-15H,7-12,17H2,1-6H3/t14-,15-/m0/s1. The molecule has 0 aliphatic carbocycles. The van der Waals surface area contributed by atoms with E-state index in [1.807, 2.05) is 4.90 Å². The lowest BCUT2D eigenvalue weighted by atomic mass is 9.98. The zero-order valence-corrected chi connectivity index (χ0v) is 14.4. The van der Waals surface area contributed by atoms with E-state index in [0.717, 1.165) is 39.1 Å². The molecule has 20 heavy (non-hydrogen) atoms. The van der Waals surface area contributed by atoms with Crippen LogP contribution in [0.15, 0.2) is 0 Å². The first kappa shape index (κ1) is 19.4. The second-order valence-electron chi connectivity index (χ2n) is 6.12. The van der Waals surface area contributed by atoms with E-state index in [9.17, 15) is 4.79 Å². The minimum absolute atomic E-state index is 0.111. The number of carbonyl (C=O) groups excluding carboxylic acids is 1. The lowest BCUT2D eigenvalue weighted by Crippen LogP contribution is -2.50. The number of hydrogen-bond donors (Lipinski definition) is 1. The number of carbonyl (C=O) groups is 1. The van der Waals surface area contributed by atoms with Crippen molar-refractivity contribution in [3.8, 4) is 0 Å². The van der Waals surface area contributed by atoms with Gasteiger partial charge in [0.25, 0.3) is 0 Å². The van der Waals surface area contributed by atoms with Crippen molar-refractivity contribution >= 4 is 5.91 Å². The number of likely N-dealkylation sites (N-methyl/N-ethyl adjacent to an activating group) is 1. The van der Waals surface area contributed by atoms with Gasteiger partial charge in [0, 0.05) is 19.6 Å².